The zero-order valence-electron chi connectivity index (χ0n) is 31.2. The van der Waals surface area contributed by atoms with Gasteiger partial charge >= 0.3 is 11.8 Å². The van der Waals surface area contributed by atoms with Gasteiger partial charge in [0.05, 0.1) is 28.3 Å². The number of benzene rings is 3. The first kappa shape index (κ1) is 37.0. The number of amides is 3. The van der Waals surface area contributed by atoms with E-state index in [0.717, 1.165) is 46.7 Å². The van der Waals surface area contributed by atoms with Gasteiger partial charge in [-0.15, -0.1) is 0 Å². The average molecular weight is 738 g/mol. The molecule has 0 radical (unpaired) electrons. The fourth-order valence-electron chi connectivity index (χ4n) is 7.59. The molecule has 54 heavy (non-hydrogen) atoms. The van der Waals surface area contributed by atoms with E-state index in [4.69, 9.17) is 15.5 Å². The van der Waals surface area contributed by atoms with Crippen molar-refractivity contribution in [3.63, 3.8) is 0 Å². The summed E-state index contributed by atoms with van der Waals surface area (Å²) in [6.07, 6.45) is 5.42. The Labute approximate surface area is 312 Å². The van der Waals surface area contributed by atoms with Gasteiger partial charge in [-0.25, -0.2) is 23.9 Å². The molecule has 7 rings (SSSR count). The number of nitrogens with zero attached hydrogens (tertiary/aromatic N) is 2. The third-order valence-electron chi connectivity index (χ3n) is 10.8. The lowest BCUT2D eigenvalue weighted by molar-refractivity contribution is -0.130. The van der Waals surface area contributed by atoms with E-state index in [9.17, 15) is 19.2 Å². The lowest BCUT2D eigenvalue weighted by Gasteiger charge is -2.32. The number of anilines is 1. The smallest absolute Gasteiger partial charge is 0.407 e. The van der Waals surface area contributed by atoms with Crippen LogP contribution in [0.3, 0.4) is 0 Å². The normalized spacial score (nSPS) is 18.3. The van der Waals surface area contributed by atoms with Crippen LogP contribution in [0, 0.1) is 24.6 Å². The number of nitrogens with one attached hydrogen (secondary N) is 4. The Morgan fingerprint density at radius 1 is 0.981 bits per heavy atom. The molecule has 6 N–H and O–H groups in total. The molecule has 2 saturated carbocycles. The van der Waals surface area contributed by atoms with Gasteiger partial charge in [0.25, 0.3) is 5.91 Å². The minimum absolute atomic E-state index is 0.158. The molecule has 284 valence electrons. The second kappa shape index (κ2) is 14.8. The number of rotatable bonds is 9. The molecule has 2 heterocycles. The lowest BCUT2D eigenvalue weighted by atomic mass is 9.81. The van der Waals surface area contributed by atoms with Crippen molar-refractivity contribution < 1.29 is 23.5 Å². The number of fused-ring (bicyclic) bond motifs is 2. The minimum atomic E-state index is -1.06. The Kier molecular flexibility index (Phi) is 10.2. The van der Waals surface area contributed by atoms with E-state index in [1.54, 1.807) is 25.1 Å². The predicted octanol–water partition coefficient (Wildman–Crippen LogP) is 6.88. The van der Waals surface area contributed by atoms with Gasteiger partial charge in [-0.3, -0.25) is 9.59 Å². The highest BCUT2D eigenvalue weighted by molar-refractivity contribution is 6.17. The molecule has 12 nitrogen and oxygen atoms in total. The van der Waals surface area contributed by atoms with Gasteiger partial charge < -0.3 is 30.7 Å². The molecule has 0 saturated heterocycles. The van der Waals surface area contributed by atoms with E-state index >= 15 is 4.39 Å². The largest absolute Gasteiger partial charge is 0.444 e. The fourth-order valence-corrected chi connectivity index (χ4v) is 7.59. The molecule has 2 fully saturated rings. The van der Waals surface area contributed by atoms with Crippen LogP contribution in [0.5, 0.6) is 0 Å². The fraction of sp³-hybridized carbons (Fsp3) is 0.439. The molecule has 0 unspecified atom stereocenters. The summed E-state index contributed by atoms with van der Waals surface area (Å²) < 4.78 is 20.9. The number of carbonyl (C=O) groups excluding carboxylic acids is 3. The maximum absolute atomic E-state index is 15.5. The Bertz CT molecular complexity index is 2260. The summed E-state index contributed by atoms with van der Waals surface area (Å²) in [5.41, 5.74) is 10.8. The van der Waals surface area contributed by atoms with E-state index in [1.165, 1.54) is 0 Å². The average Bonchev–Trinajstić information content (AvgIpc) is 3.70. The van der Waals surface area contributed by atoms with Gasteiger partial charge in [0.2, 0.25) is 5.91 Å². The molecule has 0 bridgehead atoms. The van der Waals surface area contributed by atoms with Crippen LogP contribution in [0.1, 0.15) is 88.6 Å². The Hall–Kier alpha value is -5.30. The van der Waals surface area contributed by atoms with Crippen LogP contribution >= 0.6 is 0 Å². The van der Waals surface area contributed by atoms with Gasteiger partial charge in [0, 0.05) is 18.4 Å². The summed E-state index contributed by atoms with van der Waals surface area (Å²) in [7, 11) is 0. The Balaban J connectivity index is 1.06. The molecule has 1 atom stereocenters. The summed E-state index contributed by atoms with van der Waals surface area (Å²) in [4.78, 5) is 67.1. The van der Waals surface area contributed by atoms with Crippen LogP contribution in [0.4, 0.5) is 14.9 Å². The molecule has 2 aromatic heterocycles. The third-order valence-corrected chi connectivity index (χ3v) is 10.8. The summed E-state index contributed by atoms with van der Waals surface area (Å²) in [5, 5.41) is 2.83. The molecular weight excluding hydrogens is 689 g/mol. The van der Waals surface area contributed by atoms with Gasteiger partial charge in [-0.05, 0) is 125 Å². The second-order valence-electron chi connectivity index (χ2n) is 15.9. The number of H-pyrrole nitrogens is 3. The highest BCUT2D eigenvalue weighted by Gasteiger charge is 2.36. The molecule has 2 aliphatic rings. The Morgan fingerprint density at radius 2 is 1.69 bits per heavy atom. The highest BCUT2D eigenvalue weighted by atomic mass is 19.1. The van der Waals surface area contributed by atoms with E-state index in [2.05, 4.69) is 20.3 Å². The molecule has 3 aromatic carbocycles. The molecule has 13 heteroatoms. The van der Waals surface area contributed by atoms with Crippen LogP contribution in [-0.4, -0.2) is 56.0 Å². The van der Waals surface area contributed by atoms with E-state index < -0.39 is 35.3 Å². The number of alkyl carbamates (subject to hydrolysis) is 1. The SMILES string of the molecule is Cc1c(-c2ccc(C[C@H](N)C(=O)N(c3ccc4[nH]c(=O)[nH]c4c3)C(=O)[C@H]3CC[C@H](CNC(=O)OC(C)(C)C)CC3)cc2)cc2nc(C3CCC3)[nH]c2c1F. The van der Waals surface area contributed by atoms with Crippen molar-refractivity contribution in [1.29, 1.82) is 0 Å². The number of hydrogen-bond acceptors (Lipinski definition) is 7. The Morgan fingerprint density at radius 3 is 2.35 bits per heavy atom. The van der Waals surface area contributed by atoms with Gasteiger partial charge in [0.15, 0.2) is 5.82 Å². The van der Waals surface area contributed by atoms with Crippen LogP contribution in [0.25, 0.3) is 33.2 Å². The maximum atomic E-state index is 15.5. The molecule has 2 aliphatic carbocycles. The van der Waals surface area contributed by atoms with Gasteiger partial charge in [0.1, 0.15) is 16.9 Å². The second-order valence-corrected chi connectivity index (χ2v) is 15.9. The quantitative estimate of drug-likeness (QED) is 0.109. The van der Waals surface area contributed by atoms with Crippen LogP contribution in [0.15, 0.2) is 53.3 Å². The predicted molar refractivity (Wildman–Crippen MR) is 206 cm³/mol. The topological polar surface area (TPSA) is 179 Å². The molecule has 5 aromatic rings. The standard InChI is InChI=1S/C41H48FN7O5/c1-22-29(20-33-35(34(22)42)48-36(45-33)26-6-5-7-26)25-12-8-23(9-13-25)18-30(43)38(51)49(28-16-17-31-32(19-28)47-39(52)46-31)37(50)27-14-10-24(11-15-27)21-44-40(53)54-41(2,3)4/h8-9,12-13,16-17,19-20,24,26-27,30H,5-7,10-11,14-15,18,21,43H2,1-4H3,(H,44,53)(H,45,48)(H2,46,47,52)/t24-,27-,30-/m0/s1. The number of aromatic amines is 3. The number of imidazole rings is 2. The van der Waals surface area contributed by atoms with E-state index in [1.807, 2.05) is 51.1 Å². The summed E-state index contributed by atoms with van der Waals surface area (Å²) in [5.74, 6) is -0.284. The summed E-state index contributed by atoms with van der Waals surface area (Å²) in [6, 6.07) is 13.2. The third kappa shape index (κ3) is 7.82. The van der Waals surface area contributed by atoms with Gasteiger partial charge in [-0.1, -0.05) is 30.7 Å². The number of halogens is 1. The lowest BCUT2D eigenvalue weighted by Crippen LogP contribution is -2.50. The van der Waals surface area contributed by atoms with Crippen molar-refractivity contribution in [3.8, 4) is 11.1 Å². The van der Waals surface area contributed by atoms with Crippen LogP contribution in [-0.2, 0) is 20.7 Å². The summed E-state index contributed by atoms with van der Waals surface area (Å²) >= 11 is 0. The van der Waals surface area contributed by atoms with E-state index in [-0.39, 0.29) is 24.1 Å². The van der Waals surface area contributed by atoms with Crippen molar-refractivity contribution in [2.75, 3.05) is 11.4 Å². The van der Waals surface area contributed by atoms with Crippen molar-refractivity contribution in [3.05, 3.63) is 81.8 Å². The molecular formula is C41H48FN7O5. The van der Waals surface area contributed by atoms with Crippen molar-refractivity contribution in [1.82, 2.24) is 25.3 Å². The van der Waals surface area contributed by atoms with Crippen molar-refractivity contribution in [2.45, 2.75) is 96.6 Å². The zero-order valence-corrected chi connectivity index (χ0v) is 31.2. The van der Waals surface area contributed by atoms with Crippen molar-refractivity contribution >= 4 is 45.7 Å². The monoisotopic (exact) mass is 737 g/mol. The van der Waals surface area contributed by atoms with Gasteiger partial charge in [-0.2, -0.15) is 0 Å². The number of carbonyl (C=O) groups is 3. The number of ether oxygens (including phenoxy) is 1. The maximum Gasteiger partial charge on any atom is 0.407 e. The molecule has 0 spiro atoms. The number of imide groups is 1. The molecule has 3 amide bonds. The first-order valence-corrected chi connectivity index (χ1v) is 18.8. The van der Waals surface area contributed by atoms with Crippen LogP contribution < -0.4 is 21.6 Å². The first-order chi connectivity index (χ1) is 25.7. The highest BCUT2D eigenvalue weighted by Crippen LogP contribution is 2.38. The van der Waals surface area contributed by atoms with Crippen molar-refractivity contribution in [2.24, 2.45) is 17.6 Å². The minimum Gasteiger partial charge on any atom is -0.444 e. The summed E-state index contributed by atoms with van der Waals surface area (Å²) in [6.45, 7) is 7.62. The molecule has 0 aliphatic heterocycles. The van der Waals surface area contributed by atoms with E-state index in [0.29, 0.717) is 71.5 Å². The number of hydrogen-bond donors (Lipinski definition) is 5. The number of nitrogens with two attached hydrogens (primary N) is 1. The first-order valence-electron chi connectivity index (χ1n) is 18.8. The number of aromatic nitrogens is 4. The van der Waals surface area contributed by atoms with Crippen LogP contribution in [0.2, 0.25) is 0 Å². The zero-order chi connectivity index (χ0) is 38.3.